The fourth-order valence-electron chi connectivity index (χ4n) is 3.19. The monoisotopic (exact) mass is 417 g/mol. The van der Waals surface area contributed by atoms with E-state index in [9.17, 15) is 32.0 Å². The highest BCUT2D eigenvalue weighted by molar-refractivity contribution is 7.90. The SMILES string of the molecule is N#CC(NC(=O)c1ccc2c(c1)S(=O)(=O)N(C1CC1)C2=O)c1ccc(F)cc1F. The Morgan fingerprint density at radius 2 is 1.93 bits per heavy atom. The van der Waals surface area contributed by atoms with Crippen molar-refractivity contribution in [2.24, 2.45) is 0 Å². The van der Waals surface area contributed by atoms with E-state index in [4.69, 9.17) is 0 Å². The number of sulfonamides is 1. The lowest BCUT2D eigenvalue weighted by molar-refractivity contribution is 0.0863. The molecule has 0 radical (unpaired) electrons. The van der Waals surface area contributed by atoms with Crippen LogP contribution in [0.2, 0.25) is 0 Å². The van der Waals surface area contributed by atoms with E-state index < -0.39 is 39.5 Å². The van der Waals surface area contributed by atoms with Crippen LogP contribution in [0.1, 0.15) is 45.2 Å². The van der Waals surface area contributed by atoms with Gasteiger partial charge in [0.25, 0.3) is 21.8 Å². The van der Waals surface area contributed by atoms with Gasteiger partial charge in [0.05, 0.1) is 11.6 Å². The Bertz CT molecular complexity index is 1200. The molecule has 0 bridgehead atoms. The van der Waals surface area contributed by atoms with Crippen molar-refractivity contribution in [1.82, 2.24) is 9.62 Å². The van der Waals surface area contributed by atoms with Gasteiger partial charge in [-0.05, 0) is 37.1 Å². The maximum absolute atomic E-state index is 13.9. The molecular weight excluding hydrogens is 404 g/mol. The van der Waals surface area contributed by atoms with Crippen LogP contribution in [-0.4, -0.2) is 30.6 Å². The van der Waals surface area contributed by atoms with E-state index in [0.717, 1.165) is 22.5 Å². The summed E-state index contributed by atoms with van der Waals surface area (Å²) < 4.78 is 53.2. The summed E-state index contributed by atoms with van der Waals surface area (Å²) in [6.07, 6.45) is 1.19. The zero-order chi connectivity index (χ0) is 20.9. The summed E-state index contributed by atoms with van der Waals surface area (Å²) in [6.45, 7) is 0. The molecule has 2 amide bonds. The number of amides is 2. The van der Waals surface area contributed by atoms with Gasteiger partial charge >= 0.3 is 0 Å². The number of benzene rings is 2. The average molecular weight is 417 g/mol. The molecule has 1 aliphatic heterocycles. The van der Waals surface area contributed by atoms with Crippen LogP contribution in [-0.2, 0) is 10.0 Å². The smallest absolute Gasteiger partial charge is 0.269 e. The second-order valence-electron chi connectivity index (χ2n) is 6.75. The molecule has 0 aromatic heterocycles. The number of nitrogens with one attached hydrogen (secondary N) is 1. The number of rotatable bonds is 4. The third-order valence-electron chi connectivity index (χ3n) is 4.77. The molecule has 7 nitrogen and oxygen atoms in total. The minimum absolute atomic E-state index is 0.0186. The first-order valence-corrected chi connectivity index (χ1v) is 10.1. The van der Waals surface area contributed by atoms with Gasteiger partial charge in [0.15, 0.2) is 0 Å². The molecule has 148 valence electrons. The van der Waals surface area contributed by atoms with Crippen molar-refractivity contribution in [2.75, 3.05) is 0 Å². The molecule has 2 aromatic rings. The van der Waals surface area contributed by atoms with Gasteiger partial charge in [-0.2, -0.15) is 5.26 Å². The van der Waals surface area contributed by atoms with Crippen molar-refractivity contribution in [2.45, 2.75) is 29.8 Å². The lowest BCUT2D eigenvalue weighted by Gasteiger charge is -2.14. The summed E-state index contributed by atoms with van der Waals surface area (Å²) in [4.78, 5) is 24.6. The van der Waals surface area contributed by atoms with Gasteiger partial charge in [-0.3, -0.25) is 9.59 Å². The van der Waals surface area contributed by atoms with Crippen LogP contribution in [0, 0.1) is 23.0 Å². The molecule has 4 rings (SSSR count). The minimum atomic E-state index is -4.05. The largest absolute Gasteiger partial charge is 0.332 e. The molecule has 1 unspecified atom stereocenters. The lowest BCUT2D eigenvalue weighted by Crippen LogP contribution is -2.32. The summed E-state index contributed by atoms with van der Waals surface area (Å²) in [5.41, 5.74) is -0.360. The van der Waals surface area contributed by atoms with Crippen LogP contribution in [0.15, 0.2) is 41.3 Å². The number of nitrogens with zero attached hydrogens (tertiary/aromatic N) is 2. The van der Waals surface area contributed by atoms with Crippen molar-refractivity contribution in [3.8, 4) is 6.07 Å². The van der Waals surface area contributed by atoms with Crippen LogP contribution in [0.25, 0.3) is 0 Å². The maximum Gasteiger partial charge on any atom is 0.269 e. The zero-order valence-electron chi connectivity index (χ0n) is 14.7. The predicted octanol–water partition coefficient (Wildman–Crippen LogP) is 2.27. The Morgan fingerprint density at radius 1 is 1.21 bits per heavy atom. The molecule has 0 spiro atoms. The van der Waals surface area contributed by atoms with Crippen LogP contribution < -0.4 is 5.32 Å². The summed E-state index contributed by atoms with van der Waals surface area (Å²) in [5.74, 6) is -3.30. The fraction of sp³-hybridized carbons (Fsp3) is 0.211. The summed E-state index contributed by atoms with van der Waals surface area (Å²) in [5, 5.41) is 11.6. The molecule has 29 heavy (non-hydrogen) atoms. The number of hydrogen-bond acceptors (Lipinski definition) is 5. The molecule has 1 atom stereocenters. The molecule has 1 fully saturated rings. The van der Waals surface area contributed by atoms with Crippen LogP contribution in [0.3, 0.4) is 0 Å². The van der Waals surface area contributed by atoms with Crippen molar-refractivity contribution < 1.29 is 26.8 Å². The van der Waals surface area contributed by atoms with Gasteiger partial charge in [-0.15, -0.1) is 0 Å². The average Bonchev–Trinajstić information content (AvgIpc) is 3.47. The topological polar surface area (TPSA) is 107 Å². The van der Waals surface area contributed by atoms with E-state index in [0.29, 0.717) is 18.9 Å². The highest BCUT2D eigenvalue weighted by Crippen LogP contribution is 2.39. The Hall–Kier alpha value is -3.32. The summed E-state index contributed by atoms with van der Waals surface area (Å²) in [7, 11) is -4.05. The standard InChI is InChI=1S/C19H13F2N3O4S/c20-11-2-6-13(15(21)8-11)16(9-22)23-18(25)10-1-5-14-17(7-10)29(27,28)24(19(14)26)12-3-4-12/h1-2,5-8,12,16H,3-4H2,(H,23,25). The van der Waals surface area contributed by atoms with Crippen LogP contribution in [0.5, 0.6) is 0 Å². The van der Waals surface area contributed by atoms with E-state index in [1.807, 2.05) is 0 Å². The molecule has 1 saturated carbocycles. The molecule has 2 aromatic carbocycles. The first-order valence-electron chi connectivity index (χ1n) is 8.62. The third-order valence-corrected chi connectivity index (χ3v) is 6.64. The Morgan fingerprint density at radius 3 is 2.55 bits per heavy atom. The van der Waals surface area contributed by atoms with E-state index in [1.165, 1.54) is 12.1 Å². The number of nitriles is 1. The quantitative estimate of drug-likeness (QED) is 0.821. The van der Waals surface area contributed by atoms with E-state index in [-0.39, 0.29) is 27.6 Å². The van der Waals surface area contributed by atoms with Crippen LogP contribution in [0.4, 0.5) is 8.78 Å². The third kappa shape index (κ3) is 3.13. The molecule has 1 heterocycles. The Kier molecular flexibility index (Phi) is 4.35. The van der Waals surface area contributed by atoms with Gasteiger partial charge in [0, 0.05) is 23.2 Å². The minimum Gasteiger partial charge on any atom is -0.332 e. The lowest BCUT2D eigenvalue weighted by atomic mass is 10.1. The normalized spacial score (nSPS) is 18.1. The van der Waals surface area contributed by atoms with Crippen LogP contribution >= 0.6 is 0 Å². The van der Waals surface area contributed by atoms with E-state index in [1.54, 1.807) is 6.07 Å². The molecular formula is C19H13F2N3O4S. The molecule has 0 saturated heterocycles. The number of halogens is 2. The highest BCUT2D eigenvalue weighted by atomic mass is 32.2. The highest BCUT2D eigenvalue weighted by Gasteiger charge is 2.48. The van der Waals surface area contributed by atoms with Gasteiger partial charge < -0.3 is 5.32 Å². The molecule has 10 heteroatoms. The van der Waals surface area contributed by atoms with Crippen molar-refractivity contribution in [1.29, 1.82) is 5.26 Å². The Labute approximate surface area is 164 Å². The summed E-state index contributed by atoms with van der Waals surface area (Å²) >= 11 is 0. The Balaban J connectivity index is 1.63. The van der Waals surface area contributed by atoms with Gasteiger partial charge in [0.2, 0.25) is 0 Å². The van der Waals surface area contributed by atoms with E-state index >= 15 is 0 Å². The summed E-state index contributed by atoms with van der Waals surface area (Å²) in [6, 6.07) is 6.08. The molecule has 2 aliphatic rings. The first-order chi connectivity index (χ1) is 13.7. The van der Waals surface area contributed by atoms with Crippen molar-refractivity contribution in [3.05, 3.63) is 64.7 Å². The first kappa shape index (κ1) is 19.0. The number of carbonyl (C=O) groups is 2. The number of fused-ring (bicyclic) bond motifs is 1. The second kappa shape index (κ2) is 6.63. The molecule has 1 N–H and O–H groups in total. The maximum atomic E-state index is 13.9. The van der Waals surface area contributed by atoms with Crippen molar-refractivity contribution >= 4 is 21.8 Å². The predicted molar refractivity (Wildman–Crippen MR) is 95.0 cm³/mol. The number of carbonyl (C=O) groups excluding carboxylic acids is 2. The van der Waals surface area contributed by atoms with Crippen molar-refractivity contribution in [3.63, 3.8) is 0 Å². The fourth-order valence-corrected chi connectivity index (χ4v) is 5.03. The zero-order valence-corrected chi connectivity index (χ0v) is 15.5. The molecule has 1 aliphatic carbocycles. The van der Waals surface area contributed by atoms with E-state index in [2.05, 4.69) is 5.32 Å². The van der Waals surface area contributed by atoms with Gasteiger partial charge in [0.1, 0.15) is 22.6 Å². The second-order valence-corrected chi connectivity index (χ2v) is 8.53. The van der Waals surface area contributed by atoms with Gasteiger partial charge in [-0.25, -0.2) is 21.5 Å². The number of hydrogen-bond donors (Lipinski definition) is 1. The van der Waals surface area contributed by atoms with Gasteiger partial charge in [-0.1, -0.05) is 6.07 Å².